The Bertz CT molecular complexity index is 660. The van der Waals surface area contributed by atoms with Gasteiger partial charge in [-0.3, -0.25) is 4.90 Å². The third kappa shape index (κ3) is 2.79. The van der Waals surface area contributed by atoms with Gasteiger partial charge in [0.2, 0.25) is 0 Å². The van der Waals surface area contributed by atoms with E-state index in [-0.39, 0.29) is 16.9 Å². The molecule has 0 saturated carbocycles. The molecule has 0 amide bonds. The van der Waals surface area contributed by atoms with Crippen LogP contribution in [-0.2, 0) is 0 Å². The van der Waals surface area contributed by atoms with E-state index in [2.05, 4.69) is 20.4 Å². The van der Waals surface area contributed by atoms with Crippen molar-refractivity contribution in [3.05, 3.63) is 34.4 Å². The van der Waals surface area contributed by atoms with E-state index in [1.54, 1.807) is 13.0 Å². The van der Waals surface area contributed by atoms with Crippen LogP contribution >= 0.6 is 11.6 Å². The number of nitrogens with zero attached hydrogens (tertiary/aromatic N) is 3. The van der Waals surface area contributed by atoms with Gasteiger partial charge in [0.05, 0.1) is 16.6 Å². The van der Waals surface area contributed by atoms with Gasteiger partial charge in [-0.05, 0) is 31.7 Å². The summed E-state index contributed by atoms with van der Waals surface area (Å²) in [5.41, 5.74) is 1.05. The normalized spacial score (nSPS) is 19.9. The molecule has 1 aliphatic heterocycles. The Hall–Kier alpha value is -1.50. The summed E-state index contributed by atoms with van der Waals surface area (Å²) in [6.07, 6.45) is 0. The van der Waals surface area contributed by atoms with Gasteiger partial charge in [-0.25, -0.2) is 4.39 Å². The predicted octanol–water partition coefficient (Wildman–Crippen LogP) is 2.41. The Morgan fingerprint density at radius 3 is 3.05 bits per heavy atom. The lowest BCUT2D eigenvalue weighted by Crippen LogP contribution is -2.44. The van der Waals surface area contributed by atoms with E-state index in [1.165, 1.54) is 6.07 Å². The summed E-state index contributed by atoms with van der Waals surface area (Å²) in [5.74, 6) is 0.578. The van der Waals surface area contributed by atoms with Crippen LogP contribution in [-0.4, -0.2) is 41.7 Å². The van der Waals surface area contributed by atoms with E-state index in [9.17, 15) is 4.39 Å². The molecule has 112 valence electrons. The average molecular weight is 311 g/mol. The molecule has 5 nitrogen and oxygen atoms in total. The maximum Gasteiger partial charge on any atom is 0.259 e. The molecule has 0 aliphatic carbocycles. The molecule has 3 rings (SSSR count). The molecule has 1 atom stereocenters. The number of aryl methyl sites for hydroxylation is 1. The van der Waals surface area contributed by atoms with Gasteiger partial charge in [-0.15, -0.1) is 0 Å². The van der Waals surface area contributed by atoms with E-state index in [1.807, 2.05) is 7.05 Å². The van der Waals surface area contributed by atoms with Gasteiger partial charge >= 0.3 is 0 Å². The van der Waals surface area contributed by atoms with Crippen LogP contribution in [0.3, 0.4) is 0 Å². The van der Waals surface area contributed by atoms with E-state index in [0.29, 0.717) is 22.8 Å². The van der Waals surface area contributed by atoms with Gasteiger partial charge in [0, 0.05) is 19.6 Å². The molecule has 1 aliphatic rings. The number of piperazine rings is 1. The minimum atomic E-state index is -0.347. The van der Waals surface area contributed by atoms with Crippen LogP contribution in [0, 0.1) is 12.7 Å². The lowest BCUT2D eigenvalue weighted by molar-refractivity contribution is 0.190. The number of aromatic nitrogens is 2. The lowest BCUT2D eigenvalue weighted by Gasteiger charge is -2.30. The topological polar surface area (TPSA) is 54.2 Å². The molecule has 2 heterocycles. The zero-order chi connectivity index (χ0) is 15.0. The van der Waals surface area contributed by atoms with Crippen molar-refractivity contribution in [3.63, 3.8) is 0 Å². The fourth-order valence-corrected chi connectivity index (χ4v) is 2.63. The lowest BCUT2D eigenvalue weighted by atomic mass is 10.1. The Labute approximate surface area is 127 Å². The molecule has 0 spiro atoms. The van der Waals surface area contributed by atoms with Crippen molar-refractivity contribution in [1.82, 2.24) is 20.4 Å². The molecule has 1 aromatic carbocycles. The zero-order valence-electron chi connectivity index (χ0n) is 11.9. The van der Waals surface area contributed by atoms with Crippen molar-refractivity contribution in [2.24, 2.45) is 0 Å². The number of nitrogens with one attached hydrogen (secondary N) is 1. The molecule has 0 bridgehead atoms. The highest BCUT2D eigenvalue weighted by Gasteiger charge is 2.26. The molecule has 2 aromatic rings. The van der Waals surface area contributed by atoms with Crippen molar-refractivity contribution < 1.29 is 8.91 Å². The van der Waals surface area contributed by atoms with Crippen LogP contribution < -0.4 is 5.32 Å². The highest BCUT2D eigenvalue weighted by molar-refractivity contribution is 6.33. The fraction of sp³-hybridized carbons (Fsp3) is 0.429. The first-order valence-corrected chi connectivity index (χ1v) is 7.14. The summed E-state index contributed by atoms with van der Waals surface area (Å²) < 4.78 is 18.8. The zero-order valence-corrected chi connectivity index (χ0v) is 12.6. The first-order chi connectivity index (χ1) is 10.1. The van der Waals surface area contributed by atoms with E-state index in [0.717, 1.165) is 19.6 Å². The highest BCUT2D eigenvalue weighted by Crippen LogP contribution is 2.30. The Kier molecular flexibility index (Phi) is 3.93. The molecule has 21 heavy (non-hydrogen) atoms. The number of halogens is 2. The molecule has 7 heteroatoms. The highest BCUT2D eigenvalue weighted by atomic mass is 35.5. The maximum atomic E-state index is 13.5. The second-order valence-corrected chi connectivity index (χ2v) is 5.65. The first kappa shape index (κ1) is 14.4. The third-order valence-electron chi connectivity index (χ3n) is 3.73. The summed E-state index contributed by atoms with van der Waals surface area (Å²) in [6, 6.07) is 2.96. The van der Waals surface area contributed by atoms with E-state index in [4.69, 9.17) is 16.1 Å². The van der Waals surface area contributed by atoms with Gasteiger partial charge in [0.25, 0.3) is 5.89 Å². The molecular formula is C14H16ClFN4O. The van der Waals surface area contributed by atoms with Crippen LogP contribution in [0.25, 0.3) is 11.5 Å². The number of rotatable bonds is 2. The Morgan fingerprint density at radius 1 is 1.48 bits per heavy atom. The van der Waals surface area contributed by atoms with Gasteiger partial charge in [0.1, 0.15) is 5.82 Å². The van der Waals surface area contributed by atoms with Crippen LogP contribution in [0.15, 0.2) is 16.7 Å². The van der Waals surface area contributed by atoms with Gasteiger partial charge in [-0.2, -0.15) is 4.98 Å². The van der Waals surface area contributed by atoms with Crippen molar-refractivity contribution in [2.75, 3.05) is 26.7 Å². The quantitative estimate of drug-likeness (QED) is 0.923. The minimum Gasteiger partial charge on any atom is -0.334 e. The minimum absolute atomic E-state index is 0.0663. The van der Waals surface area contributed by atoms with Gasteiger partial charge in [-0.1, -0.05) is 16.8 Å². The third-order valence-corrected chi connectivity index (χ3v) is 4.04. The molecule has 1 aromatic heterocycles. The second kappa shape index (κ2) is 5.71. The second-order valence-electron chi connectivity index (χ2n) is 5.24. The Morgan fingerprint density at radius 2 is 2.29 bits per heavy atom. The SMILES string of the molecule is Cc1cc(-c2nc(C3CNCCN3C)no2)c(Cl)cc1F. The predicted molar refractivity (Wildman–Crippen MR) is 77.7 cm³/mol. The number of benzene rings is 1. The smallest absolute Gasteiger partial charge is 0.259 e. The summed E-state index contributed by atoms with van der Waals surface area (Å²) in [6.45, 7) is 4.31. The van der Waals surface area contributed by atoms with Crippen LogP contribution in [0.4, 0.5) is 4.39 Å². The largest absolute Gasteiger partial charge is 0.334 e. The van der Waals surface area contributed by atoms with Crippen LogP contribution in [0.1, 0.15) is 17.4 Å². The Balaban J connectivity index is 1.93. The summed E-state index contributed by atoms with van der Waals surface area (Å²) in [5, 5.41) is 7.61. The van der Waals surface area contributed by atoms with Gasteiger partial charge < -0.3 is 9.84 Å². The monoisotopic (exact) mass is 310 g/mol. The van der Waals surface area contributed by atoms with Crippen molar-refractivity contribution >= 4 is 11.6 Å². The van der Waals surface area contributed by atoms with Gasteiger partial charge in [0.15, 0.2) is 5.82 Å². The molecule has 1 saturated heterocycles. The summed E-state index contributed by atoms with van der Waals surface area (Å²) in [7, 11) is 2.02. The van der Waals surface area contributed by atoms with Crippen molar-refractivity contribution in [1.29, 1.82) is 0 Å². The maximum absolute atomic E-state index is 13.5. The summed E-state index contributed by atoms with van der Waals surface area (Å²) >= 11 is 6.07. The summed E-state index contributed by atoms with van der Waals surface area (Å²) in [4.78, 5) is 6.59. The van der Waals surface area contributed by atoms with Crippen LogP contribution in [0.5, 0.6) is 0 Å². The number of likely N-dealkylation sites (N-methyl/N-ethyl adjacent to an activating group) is 1. The number of hydrogen-bond acceptors (Lipinski definition) is 5. The molecular weight excluding hydrogens is 295 g/mol. The number of hydrogen-bond donors (Lipinski definition) is 1. The molecule has 0 radical (unpaired) electrons. The van der Waals surface area contributed by atoms with Crippen LogP contribution in [0.2, 0.25) is 5.02 Å². The standard InChI is InChI=1S/C14H16ClFN4O/c1-8-5-9(10(15)6-11(8)16)14-18-13(19-21-14)12-7-17-3-4-20(12)2/h5-6,12,17H,3-4,7H2,1-2H3. The molecule has 1 N–H and O–H groups in total. The molecule has 1 fully saturated rings. The van der Waals surface area contributed by atoms with E-state index < -0.39 is 0 Å². The van der Waals surface area contributed by atoms with E-state index >= 15 is 0 Å². The van der Waals surface area contributed by atoms with Crippen molar-refractivity contribution in [3.8, 4) is 11.5 Å². The average Bonchev–Trinajstić information content (AvgIpc) is 2.92. The fourth-order valence-electron chi connectivity index (χ4n) is 2.40. The van der Waals surface area contributed by atoms with Crippen molar-refractivity contribution in [2.45, 2.75) is 13.0 Å². The molecule has 1 unspecified atom stereocenters. The first-order valence-electron chi connectivity index (χ1n) is 6.77.